The van der Waals surface area contributed by atoms with Crippen LogP contribution in [0.1, 0.15) is 45.6 Å². The molecular weight excluding hydrogens is 404 g/mol. The van der Waals surface area contributed by atoms with Gasteiger partial charge in [0.1, 0.15) is 22.8 Å². The number of carbonyl (C=O) groups excluding carboxylic acids is 1. The Morgan fingerprint density at radius 3 is 2.45 bits per heavy atom. The average molecular weight is 429 g/mol. The number of amides is 1. The van der Waals surface area contributed by atoms with Gasteiger partial charge in [0.05, 0.1) is 6.20 Å². The van der Waals surface area contributed by atoms with Gasteiger partial charge in [0.2, 0.25) is 17.8 Å². The van der Waals surface area contributed by atoms with Crippen molar-refractivity contribution < 1.29 is 13.6 Å². The van der Waals surface area contributed by atoms with Gasteiger partial charge in [-0.1, -0.05) is 6.07 Å². The van der Waals surface area contributed by atoms with Crippen molar-refractivity contribution in [2.75, 3.05) is 10.6 Å². The molecule has 1 aliphatic carbocycles. The Morgan fingerprint density at radius 2 is 1.84 bits per heavy atom. The van der Waals surface area contributed by atoms with Crippen molar-refractivity contribution in [2.24, 2.45) is 11.7 Å². The number of imidazole rings is 1. The fraction of sp³-hybridized carbons (Fsp3) is 0.429. The molecular formula is C21H25F2N7O. The van der Waals surface area contributed by atoms with Crippen molar-refractivity contribution in [2.45, 2.75) is 51.6 Å². The Kier molecular flexibility index (Phi) is 5.71. The second-order valence-electron chi connectivity index (χ2n) is 8.14. The second-order valence-corrected chi connectivity index (χ2v) is 8.14. The fourth-order valence-electron chi connectivity index (χ4n) is 4.00. The van der Waals surface area contributed by atoms with Crippen LogP contribution in [0.3, 0.4) is 0 Å². The van der Waals surface area contributed by atoms with E-state index in [1.807, 2.05) is 18.4 Å². The van der Waals surface area contributed by atoms with Crippen LogP contribution >= 0.6 is 0 Å². The number of carbonyl (C=O) groups is 1. The second kappa shape index (κ2) is 8.44. The molecule has 1 saturated carbocycles. The van der Waals surface area contributed by atoms with Gasteiger partial charge >= 0.3 is 0 Å². The Bertz CT molecular complexity index is 1090. The zero-order valence-electron chi connectivity index (χ0n) is 17.4. The van der Waals surface area contributed by atoms with E-state index in [0.717, 1.165) is 0 Å². The number of nitrogens with two attached hydrogens (primary N) is 1. The molecule has 4 rings (SSSR count). The first-order valence-electron chi connectivity index (χ1n) is 10.4. The van der Waals surface area contributed by atoms with E-state index >= 15 is 0 Å². The number of fused-ring (bicyclic) bond motifs is 1. The van der Waals surface area contributed by atoms with Gasteiger partial charge in [-0.3, -0.25) is 9.36 Å². The number of nitrogens with zero attached hydrogens (tertiary/aromatic N) is 4. The van der Waals surface area contributed by atoms with Crippen LogP contribution in [0.25, 0.3) is 11.2 Å². The molecule has 2 aromatic heterocycles. The van der Waals surface area contributed by atoms with E-state index in [9.17, 15) is 13.6 Å². The molecule has 1 fully saturated rings. The number of nitrogens with one attached hydrogen (secondary N) is 2. The Morgan fingerprint density at radius 1 is 1.16 bits per heavy atom. The van der Waals surface area contributed by atoms with Crippen LogP contribution in [0.2, 0.25) is 0 Å². The van der Waals surface area contributed by atoms with Gasteiger partial charge in [-0.05, 0) is 51.7 Å². The molecule has 164 valence electrons. The lowest BCUT2D eigenvalue weighted by atomic mass is 9.85. The third-order valence-electron chi connectivity index (χ3n) is 5.51. The van der Waals surface area contributed by atoms with Crippen LogP contribution in [0, 0.1) is 17.6 Å². The van der Waals surface area contributed by atoms with Gasteiger partial charge in [-0.15, -0.1) is 0 Å². The average Bonchev–Trinajstić information content (AvgIpc) is 3.07. The summed E-state index contributed by atoms with van der Waals surface area (Å²) >= 11 is 0. The van der Waals surface area contributed by atoms with Crippen molar-refractivity contribution in [1.82, 2.24) is 19.5 Å². The molecule has 31 heavy (non-hydrogen) atoms. The van der Waals surface area contributed by atoms with E-state index in [1.165, 1.54) is 18.2 Å². The standard InChI is InChI=1S/C21H25F2N7O/c1-11(2)26-20-25-10-16-19(29-20)30(13-8-6-12(7-9-13)18(24)31)21(27-16)28-17-14(22)4-3-5-15(17)23/h3-5,10-13H,6-9H2,1-2H3,(H2,24,31)(H,27,28)(H,25,26,29). The monoisotopic (exact) mass is 429 g/mol. The predicted octanol–water partition coefficient (Wildman–Crippen LogP) is 3.89. The number of aromatic nitrogens is 4. The number of para-hydroxylation sites is 1. The largest absolute Gasteiger partial charge is 0.369 e. The summed E-state index contributed by atoms with van der Waals surface area (Å²) in [5.74, 6) is -1.19. The first-order valence-corrected chi connectivity index (χ1v) is 10.4. The van der Waals surface area contributed by atoms with E-state index in [0.29, 0.717) is 42.8 Å². The highest BCUT2D eigenvalue weighted by Crippen LogP contribution is 2.37. The third kappa shape index (κ3) is 4.28. The maximum absolute atomic E-state index is 14.3. The zero-order chi connectivity index (χ0) is 22.1. The van der Waals surface area contributed by atoms with Gasteiger partial charge in [0.25, 0.3) is 0 Å². The summed E-state index contributed by atoms with van der Waals surface area (Å²) in [6.45, 7) is 3.95. The highest BCUT2D eigenvalue weighted by atomic mass is 19.1. The summed E-state index contributed by atoms with van der Waals surface area (Å²) in [5, 5.41) is 5.97. The minimum atomic E-state index is -0.718. The Labute approximate surface area is 178 Å². The van der Waals surface area contributed by atoms with E-state index in [1.54, 1.807) is 6.20 Å². The van der Waals surface area contributed by atoms with Crippen molar-refractivity contribution in [1.29, 1.82) is 0 Å². The lowest BCUT2D eigenvalue weighted by Gasteiger charge is -2.29. The summed E-state index contributed by atoms with van der Waals surface area (Å²) < 4.78 is 30.4. The van der Waals surface area contributed by atoms with Crippen LogP contribution in [0.15, 0.2) is 24.4 Å². The van der Waals surface area contributed by atoms with E-state index < -0.39 is 11.6 Å². The highest BCUT2D eigenvalue weighted by molar-refractivity contribution is 5.78. The highest BCUT2D eigenvalue weighted by Gasteiger charge is 2.29. The number of benzene rings is 1. The molecule has 0 bridgehead atoms. The molecule has 1 aliphatic rings. The molecule has 4 N–H and O–H groups in total. The van der Waals surface area contributed by atoms with Crippen LogP contribution in [0.4, 0.5) is 26.4 Å². The van der Waals surface area contributed by atoms with Crippen molar-refractivity contribution >= 4 is 34.7 Å². The van der Waals surface area contributed by atoms with E-state index in [2.05, 4.69) is 25.6 Å². The number of rotatable bonds is 6. The van der Waals surface area contributed by atoms with Crippen molar-refractivity contribution in [3.05, 3.63) is 36.0 Å². The van der Waals surface area contributed by atoms with Crippen LogP contribution < -0.4 is 16.4 Å². The van der Waals surface area contributed by atoms with Crippen molar-refractivity contribution in [3.63, 3.8) is 0 Å². The number of halogens is 2. The van der Waals surface area contributed by atoms with Gasteiger partial charge < -0.3 is 16.4 Å². The molecule has 10 heteroatoms. The minimum Gasteiger partial charge on any atom is -0.369 e. The molecule has 0 saturated heterocycles. The molecule has 0 aliphatic heterocycles. The van der Waals surface area contributed by atoms with Gasteiger partial charge in [-0.2, -0.15) is 4.98 Å². The lowest BCUT2D eigenvalue weighted by molar-refractivity contribution is -0.122. The predicted molar refractivity (Wildman–Crippen MR) is 114 cm³/mol. The molecule has 0 spiro atoms. The molecule has 0 unspecified atom stereocenters. The SMILES string of the molecule is CC(C)Nc1ncc2nc(Nc3c(F)cccc3F)n(C3CCC(C(N)=O)CC3)c2n1. The van der Waals surface area contributed by atoms with Crippen LogP contribution in [0.5, 0.6) is 0 Å². The van der Waals surface area contributed by atoms with Gasteiger partial charge in [-0.25, -0.2) is 18.7 Å². The van der Waals surface area contributed by atoms with E-state index in [4.69, 9.17) is 5.73 Å². The first kappa shape index (κ1) is 21.0. The third-order valence-corrected chi connectivity index (χ3v) is 5.51. The van der Waals surface area contributed by atoms with Crippen molar-refractivity contribution in [3.8, 4) is 0 Å². The molecule has 8 nitrogen and oxygen atoms in total. The molecule has 0 atom stereocenters. The number of hydrogen-bond acceptors (Lipinski definition) is 6. The summed E-state index contributed by atoms with van der Waals surface area (Å²) in [6.07, 6.45) is 4.20. The molecule has 3 aromatic rings. The topological polar surface area (TPSA) is 111 Å². The summed E-state index contributed by atoms with van der Waals surface area (Å²) in [5.41, 5.74) is 6.25. The van der Waals surface area contributed by atoms with Gasteiger partial charge in [0.15, 0.2) is 5.65 Å². The number of anilines is 3. The summed E-state index contributed by atoms with van der Waals surface area (Å²) in [6, 6.07) is 3.74. The maximum atomic E-state index is 14.3. The molecule has 1 aromatic carbocycles. The molecule has 2 heterocycles. The Balaban J connectivity index is 1.77. The normalized spacial score (nSPS) is 19.0. The first-order chi connectivity index (χ1) is 14.8. The van der Waals surface area contributed by atoms with E-state index in [-0.39, 0.29) is 35.5 Å². The van der Waals surface area contributed by atoms with Gasteiger partial charge in [0, 0.05) is 18.0 Å². The van der Waals surface area contributed by atoms with Crippen LogP contribution in [-0.2, 0) is 4.79 Å². The number of hydrogen-bond donors (Lipinski definition) is 3. The zero-order valence-corrected chi connectivity index (χ0v) is 17.4. The van der Waals surface area contributed by atoms with Crippen LogP contribution in [-0.4, -0.2) is 31.5 Å². The number of primary amides is 1. The Hall–Kier alpha value is -3.30. The quantitative estimate of drug-likeness (QED) is 0.548. The smallest absolute Gasteiger partial charge is 0.224 e. The summed E-state index contributed by atoms with van der Waals surface area (Å²) in [4.78, 5) is 25.0. The maximum Gasteiger partial charge on any atom is 0.224 e. The summed E-state index contributed by atoms with van der Waals surface area (Å²) in [7, 11) is 0. The molecule has 1 amide bonds. The minimum absolute atomic E-state index is 0.0558. The lowest BCUT2D eigenvalue weighted by Crippen LogP contribution is -2.29. The molecule has 0 radical (unpaired) electrons. The fourth-order valence-corrected chi connectivity index (χ4v) is 4.00.